The highest BCUT2D eigenvalue weighted by atomic mass is 79.9. The van der Waals surface area contributed by atoms with E-state index in [1.54, 1.807) is 6.07 Å². The van der Waals surface area contributed by atoms with E-state index in [0.717, 1.165) is 10.0 Å². The molecule has 0 radical (unpaired) electrons. The molecule has 0 bridgehead atoms. The summed E-state index contributed by atoms with van der Waals surface area (Å²) in [6.45, 7) is 1.86. The van der Waals surface area contributed by atoms with Crippen molar-refractivity contribution in [3.63, 3.8) is 0 Å². The Morgan fingerprint density at radius 2 is 2.00 bits per heavy atom. The van der Waals surface area contributed by atoms with Crippen molar-refractivity contribution in [2.24, 2.45) is 0 Å². The fraction of sp³-hybridized carbons (Fsp3) is 0.111. The number of halogens is 1. The molecule has 0 aliphatic rings. The minimum absolute atomic E-state index is 0.185. The first-order chi connectivity index (χ1) is 6.02. The maximum Gasteiger partial charge on any atom is 0.377 e. The molecule has 0 aliphatic carbocycles. The van der Waals surface area contributed by atoms with E-state index in [1.807, 2.05) is 6.92 Å². The SMILES string of the molecule is Cc1ccc(C(=O)C(=O)O)cc1Br. The van der Waals surface area contributed by atoms with Gasteiger partial charge in [-0.25, -0.2) is 4.79 Å². The maximum absolute atomic E-state index is 11.0. The van der Waals surface area contributed by atoms with Crippen molar-refractivity contribution >= 4 is 27.7 Å². The van der Waals surface area contributed by atoms with Gasteiger partial charge in [0, 0.05) is 10.0 Å². The van der Waals surface area contributed by atoms with Crippen LogP contribution in [0.1, 0.15) is 15.9 Å². The number of hydrogen-bond acceptors (Lipinski definition) is 2. The number of carbonyl (C=O) groups is 2. The van der Waals surface area contributed by atoms with Crippen LogP contribution in [-0.4, -0.2) is 16.9 Å². The molecule has 1 rings (SSSR count). The fourth-order valence-corrected chi connectivity index (χ4v) is 1.24. The van der Waals surface area contributed by atoms with Gasteiger partial charge in [-0.15, -0.1) is 0 Å². The zero-order chi connectivity index (χ0) is 10.0. The van der Waals surface area contributed by atoms with Crippen molar-refractivity contribution < 1.29 is 14.7 Å². The van der Waals surface area contributed by atoms with E-state index < -0.39 is 11.8 Å². The Balaban J connectivity index is 3.11. The monoisotopic (exact) mass is 242 g/mol. The molecule has 0 atom stereocenters. The van der Waals surface area contributed by atoms with Gasteiger partial charge in [0.15, 0.2) is 0 Å². The normalized spacial score (nSPS) is 9.69. The largest absolute Gasteiger partial charge is 0.475 e. The summed E-state index contributed by atoms with van der Waals surface area (Å²) in [4.78, 5) is 21.3. The Labute approximate surface area is 83.5 Å². The summed E-state index contributed by atoms with van der Waals surface area (Å²) >= 11 is 3.22. The van der Waals surface area contributed by atoms with Crippen molar-refractivity contribution in [2.75, 3.05) is 0 Å². The highest BCUT2D eigenvalue weighted by Gasteiger charge is 2.14. The number of carbonyl (C=O) groups excluding carboxylic acids is 1. The van der Waals surface area contributed by atoms with Gasteiger partial charge >= 0.3 is 5.97 Å². The fourth-order valence-electron chi connectivity index (χ4n) is 0.858. The highest BCUT2D eigenvalue weighted by molar-refractivity contribution is 9.10. The average Bonchev–Trinajstić information content (AvgIpc) is 2.08. The van der Waals surface area contributed by atoms with Gasteiger partial charge in [-0.1, -0.05) is 28.1 Å². The maximum atomic E-state index is 11.0. The molecule has 3 nitrogen and oxygen atoms in total. The summed E-state index contributed by atoms with van der Waals surface area (Å²) < 4.78 is 0.736. The number of carboxylic acid groups (broad SMARTS) is 1. The minimum atomic E-state index is -1.43. The third-order valence-corrected chi connectivity index (χ3v) is 2.48. The lowest BCUT2D eigenvalue weighted by molar-refractivity contribution is -0.131. The summed E-state index contributed by atoms with van der Waals surface area (Å²) in [6, 6.07) is 4.70. The van der Waals surface area contributed by atoms with E-state index in [4.69, 9.17) is 5.11 Å². The molecule has 0 fully saturated rings. The van der Waals surface area contributed by atoms with Crippen LogP contribution in [0.25, 0.3) is 0 Å². The smallest absolute Gasteiger partial charge is 0.377 e. The zero-order valence-electron chi connectivity index (χ0n) is 6.87. The van der Waals surface area contributed by atoms with Crippen LogP contribution in [0, 0.1) is 6.92 Å². The van der Waals surface area contributed by atoms with Crippen molar-refractivity contribution in [2.45, 2.75) is 6.92 Å². The van der Waals surface area contributed by atoms with Gasteiger partial charge in [0.25, 0.3) is 5.78 Å². The highest BCUT2D eigenvalue weighted by Crippen LogP contribution is 2.17. The second-order valence-corrected chi connectivity index (χ2v) is 3.45. The van der Waals surface area contributed by atoms with E-state index in [-0.39, 0.29) is 5.56 Å². The van der Waals surface area contributed by atoms with Crippen LogP contribution in [0.3, 0.4) is 0 Å². The first-order valence-electron chi connectivity index (χ1n) is 3.56. The first-order valence-corrected chi connectivity index (χ1v) is 4.35. The van der Waals surface area contributed by atoms with Crippen molar-refractivity contribution in [1.82, 2.24) is 0 Å². The number of rotatable bonds is 2. The van der Waals surface area contributed by atoms with Gasteiger partial charge in [-0.3, -0.25) is 4.79 Å². The van der Waals surface area contributed by atoms with Crippen molar-refractivity contribution in [3.8, 4) is 0 Å². The third kappa shape index (κ3) is 2.15. The molecule has 1 N–H and O–H groups in total. The molecule has 1 aromatic carbocycles. The van der Waals surface area contributed by atoms with Crippen LogP contribution >= 0.6 is 15.9 Å². The number of hydrogen-bond donors (Lipinski definition) is 1. The molecule has 13 heavy (non-hydrogen) atoms. The van der Waals surface area contributed by atoms with E-state index in [0.29, 0.717) is 0 Å². The molecule has 0 aromatic heterocycles. The number of Topliss-reactive ketones (excluding diaryl/α,β-unsaturated/α-hetero) is 1. The lowest BCUT2D eigenvalue weighted by atomic mass is 10.1. The second-order valence-electron chi connectivity index (χ2n) is 2.60. The van der Waals surface area contributed by atoms with Crippen LogP contribution < -0.4 is 0 Å². The molecule has 0 heterocycles. The second kappa shape index (κ2) is 3.70. The van der Waals surface area contributed by atoms with Crippen molar-refractivity contribution in [1.29, 1.82) is 0 Å². The van der Waals surface area contributed by atoms with Crippen molar-refractivity contribution in [3.05, 3.63) is 33.8 Å². The Kier molecular flexibility index (Phi) is 2.83. The van der Waals surface area contributed by atoms with Crippen LogP contribution in [0.4, 0.5) is 0 Å². The predicted molar refractivity (Wildman–Crippen MR) is 50.8 cm³/mol. The van der Waals surface area contributed by atoms with Gasteiger partial charge in [0.05, 0.1) is 0 Å². The van der Waals surface area contributed by atoms with Gasteiger partial charge < -0.3 is 5.11 Å². The zero-order valence-corrected chi connectivity index (χ0v) is 8.46. The summed E-state index contributed by atoms with van der Waals surface area (Å²) in [5.41, 5.74) is 1.15. The molecule has 0 saturated heterocycles. The topological polar surface area (TPSA) is 54.4 Å². The van der Waals surface area contributed by atoms with E-state index in [1.165, 1.54) is 12.1 Å². The van der Waals surface area contributed by atoms with Crippen LogP contribution in [0.2, 0.25) is 0 Å². The lowest BCUT2D eigenvalue weighted by Gasteiger charge is -1.99. The molecule has 1 aromatic rings. The number of ketones is 1. The number of aryl methyl sites for hydroxylation is 1. The van der Waals surface area contributed by atoms with E-state index >= 15 is 0 Å². The summed E-state index contributed by atoms with van der Waals surface area (Å²) in [5.74, 6) is -2.32. The van der Waals surface area contributed by atoms with Gasteiger partial charge in [0.1, 0.15) is 0 Å². The standard InChI is InChI=1S/C9H7BrO3/c1-5-2-3-6(4-7(5)10)8(11)9(12)13/h2-4H,1H3,(H,12,13). The molecule has 68 valence electrons. The van der Waals surface area contributed by atoms with E-state index in [2.05, 4.69) is 15.9 Å². The predicted octanol–water partition coefficient (Wildman–Crippen LogP) is 2.02. The Hall–Kier alpha value is -1.16. The molecule has 0 saturated carbocycles. The Morgan fingerprint density at radius 3 is 2.46 bits per heavy atom. The summed E-state index contributed by atoms with van der Waals surface area (Å²) in [7, 11) is 0. The Bertz CT molecular complexity index is 371. The molecule has 0 aliphatic heterocycles. The molecule has 0 amide bonds. The molecular weight excluding hydrogens is 236 g/mol. The minimum Gasteiger partial charge on any atom is -0.475 e. The van der Waals surface area contributed by atoms with Gasteiger partial charge in [0.2, 0.25) is 0 Å². The molecule has 0 spiro atoms. The van der Waals surface area contributed by atoms with Gasteiger partial charge in [-0.05, 0) is 18.6 Å². The summed E-state index contributed by atoms with van der Waals surface area (Å²) in [6.07, 6.45) is 0. The molecule has 4 heteroatoms. The molecular formula is C9H7BrO3. The number of benzene rings is 1. The van der Waals surface area contributed by atoms with Crippen LogP contribution in [0.15, 0.2) is 22.7 Å². The number of aliphatic carboxylic acids is 1. The lowest BCUT2D eigenvalue weighted by Crippen LogP contribution is -2.12. The van der Waals surface area contributed by atoms with E-state index in [9.17, 15) is 9.59 Å². The average molecular weight is 243 g/mol. The summed E-state index contributed by atoms with van der Waals surface area (Å²) in [5, 5.41) is 8.43. The van der Waals surface area contributed by atoms with Crippen LogP contribution in [-0.2, 0) is 4.79 Å². The third-order valence-electron chi connectivity index (χ3n) is 1.63. The number of carboxylic acids is 1. The van der Waals surface area contributed by atoms with Gasteiger partial charge in [-0.2, -0.15) is 0 Å². The quantitative estimate of drug-likeness (QED) is 0.638. The van der Waals surface area contributed by atoms with Crippen LogP contribution in [0.5, 0.6) is 0 Å². The molecule has 0 unspecified atom stereocenters. The Morgan fingerprint density at radius 1 is 1.38 bits per heavy atom. The first kappa shape index (κ1) is 9.92.